The SMILES string of the molecule is CC[C@@H](C)C(O)c1ccc(OCC(F)(F)F)nc1. The number of rotatable bonds is 5. The summed E-state index contributed by atoms with van der Waals surface area (Å²) in [5.41, 5.74) is 0.573. The Kier molecular flexibility index (Phi) is 4.95. The van der Waals surface area contributed by atoms with Crippen LogP contribution < -0.4 is 4.74 Å². The highest BCUT2D eigenvalue weighted by Gasteiger charge is 2.28. The maximum Gasteiger partial charge on any atom is 0.422 e. The Morgan fingerprint density at radius 2 is 2.06 bits per heavy atom. The molecule has 1 rings (SSSR count). The zero-order valence-electron chi connectivity index (χ0n) is 10.2. The van der Waals surface area contributed by atoms with E-state index in [1.807, 2.05) is 13.8 Å². The van der Waals surface area contributed by atoms with Gasteiger partial charge in [0.15, 0.2) is 6.61 Å². The maximum absolute atomic E-state index is 11.9. The van der Waals surface area contributed by atoms with Crippen molar-refractivity contribution in [2.24, 2.45) is 5.92 Å². The van der Waals surface area contributed by atoms with Crippen LogP contribution in [0.2, 0.25) is 0 Å². The molecule has 1 N–H and O–H groups in total. The fraction of sp³-hybridized carbons (Fsp3) is 0.583. The zero-order chi connectivity index (χ0) is 13.8. The third-order valence-corrected chi connectivity index (χ3v) is 2.67. The second kappa shape index (κ2) is 6.04. The van der Waals surface area contributed by atoms with E-state index in [9.17, 15) is 18.3 Å². The summed E-state index contributed by atoms with van der Waals surface area (Å²) in [7, 11) is 0. The second-order valence-corrected chi connectivity index (χ2v) is 4.16. The topological polar surface area (TPSA) is 42.4 Å². The average Bonchev–Trinajstić information content (AvgIpc) is 2.34. The van der Waals surface area contributed by atoms with Crippen LogP contribution in [0.3, 0.4) is 0 Å². The molecular formula is C12H16F3NO2. The molecule has 6 heteroatoms. The molecule has 18 heavy (non-hydrogen) atoms. The highest BCUT2D eigenvalue weighted by atomic mass is 19.4. The van der Waals surface area contributed by atoms with E-state index in [1.54, 1.807) is 0 Å². The summed E-state index contributed by atoms with van der Waals surface area (Å²) >= 11 is 0. The number of halogens is 3. The minimum atomic E-state index is -4.38. The molecule has 1 unspecified atom stereocenters. The van der Waals surface area contributed by atoms with Crippen LogP contribution in [-0.2, 0) is 0 Å². The molecule has 0 saturated heterocycles. The van der Waals surface area contributed by atoms with Crippen molar-refractivity contribution in [1.82, 2.24) is 4.98 Å². The van der Waals surface area contributed by atoms with Gasteiger partial charge in [-0.3, -0.25) is 0 Å². The van der Waals surface area contributed by atoms with Gasteiger partial charge in [-0.2, -0.15) is 13.2 Å². The van der Waals surface area contributed by atoms with Crippen molar-refractivity contribution < 1.29 is 23.0 Å². The Bertz CT molecular complexity index is 365. The molecule has 0 bridgehead atoms. The van der Waals surface area contributed by atoms with Crippen LogP contribution in [0.25, 0.3) is 0 Å². The summed E-state index contributed by atoms with van der Waals surface area (Å²) in [6.07, 6.45) is -2.91. The Hall–Kier alpha value is -1.30. The van der Waals surface area contributed by atoms with E-state index in [0.29, 0.717) is 5.56 Å². The highest BCUT2D eigenvalue weighted by molar-refractivity contribution is 5.20. The van der Waals surface area contributed by atoms with Gasteiger partial charge in [-0.05, 0) is 17.5 Å². The summed E-state index contributed by atoms with van der Waals surface area (Å²) in [5.74, 6) is -0.0406. The molecule has 0 aromatic carbocycles. The van der Waals surface area contributed by atoms with E-state index in [1.165, 1.54) is 18.3 Å². The predicted octanol–water partition coefficient (Wildman–Crippen LogP) is 3.10. The van der Waals surface area contributed by atoms with E-state index in [0.717, 1.165) is 6.42 Å². The lowest BCUT2D eigenvalue weighted by Crippen LogP contribution is -2.19. The molecule has 0 spiro atoms. The Morgan fingerprint density at radius 1 is 1.39 bits per heavy atom. The fourth-order valence-corrected chi connectivity index (χ4v) is 1.36. The van der Waals surface area contributed by atoms with Crippen LogP contribution in [-0.4, -0.2) is 22.9 Å². The van der Waals surface area contributed by atoms with Crippen LogP contribution in [0.15, 0.2) is 18.3 Å². The molecule has 1 aromatic rings. The molecule has 0 radical (unpaired) electrons. The van der Waals surface area contributed by atoms with Crippen LogP contribution in [0.1, 0.15) is 31.9 Å². The van der Waals surface area contributed by atoms with Crippen molar-refractivity contribution >= 4 is 0 Å². The number of pyridine rings is 1. The molecule has 1 heterocycles. The lowest BCUT2D eigenvalue weighted by molar-refractivity contribution is -0.154. The number of hydrogen-bond acceptors (Lipinski definition) is 3. The molecule has 0 aliphatic heterocycles. The number of hydrogen-bond donors (Lipinski definition) is 1. The molecule has 1 aromatic heterocycles. The minimum Gasteiger partial charge on any atom is -0.468 e. The molecule has 2 atom stereocenters. The van der Waals surface area contributed by atoms with Gasteiger partial charge in [-0.1, -0.05) is 20.3 Å². The number of nitrogens with zero attached hydrogens (tertiary/aromatic N) is 1. The van der Waals surface area contributed by atoms with Crippen LogP contribution >= 0.6 is 0 Å². The number of aliphatic hydroxyl groups excluding tert-OH is 1. The number of aliphatic hydroxyl groups is 1. The van der Waals surface area contributed by atoms with Gasteiger partial charge in [-0.25, -0.2) is 4.98 Å². The van der Waals surface area contributed by atoms with E-state index in [-0.39, 0.29) is 11.8 Å². The molecule has 0 fully saturated rings. The van der Waals surface area contributed by atoms with Crippen molar-refractivity contribution in [3.63, 3.8) is 0 Å². The molecule has 0 saturated carbocycles. The average molecular weight is 263 g/mol. The van der Waals surface area contributed by atoms with Crippen molar-refractivity contribution in [2.45, 2.75) is 32.5 Å². The summed E-state index contributed by atoms with van der Waals surface area (Å²) in [5, 5.41) is 9.88. The zero-order valence-corrected chi connectivity index (χ0v) is 10.2. The number of ether oxygens (including phenoxy) is 1. The summed E-state index contributed by atoms with van der Waals surface area (Å²) < 4.78 is 40.2. The second-order valence-electron chi connectivity index (χ2n) is 4.16. The van der Waals surface area contributed by atoms with E-state index in [2.05, 4.69) is 9.72 Å². The first-order chi connectivity index (χ1) is 8.33. The quantitative estimate of drug-likeness (QED) is 0.887. The summed E-state index contributed by atoms with van der Waals surface area (Å²) in [4.78, 5) is 3.74. The number of alkyl halides is 3. The standard InChI is InChI=1S/C12H16F3NO2/c1-3-8(2)11(17)9-4-5-10(16-6-9)18-7-12(13,14)15/h4-6,8,11,17H,3,7H2,1-2H3/t8-,11?/m1/s1. The third-order valence-electron chi connectivity index (χ3n) is 2.67. The maximum atomic E-state index is 11.9. The molecular weight excluding hydrogens is 247 g/mol. The first kappa shape index (κ1) is 14.8. The fourth-order valence-electron chi connectivity index (χ4n) is 1.36. The first-order valence-electron chi connectivity index (χ1n) is 5.67. The largest absolute Gasteiger partial charge is 0.468 e. The Balaban J connectivity index is 2.63. The smallest absolute Gasteiger partial charge is 0.422 e. The van der Waals surface area contributed by atoms with Gasteiger partial charge in [0.05, 0.1) is 6.10 Å². The van der Waals surface area contributed by atoms with Crippen LogP contribution in [0, 0.1) is 5.92 Å². The summed E-state index contributed by atoms with van der Waals surface area (Å²) in [6.45, 7) is 2.47. The van der Waals surface area contributed by atoms with Gasteiger partial charge < -0.3 is 9.84 Å². The van der Waals surface area contributed by atoms with E-state index < -0.39 is 18.9 Å². The summed E-state index contributed by atoms with van der Waals surface area (Å²) in [6, 6.07) is 2.85. The van der Waals surface area contributed by atoms with E-state index >= 15 is 0 Å². The van der Waals surface area contributed by atoms with Crippen molar-refractivity contribution in [3.8, 4) is 5.88 Å². The third kappa shape index (κ3) is 4.52. The van der Waals surface area contributed by atoms with Gasteiger partial charge in [0.1, 0.15) is 0 Å². The number of aromatic nitrogens is 1. The Morgan fingerprint density at radius 3 is 2.50 bits per heavy atom. The predicted molar refractivity (Wildman–Crippen MR) is 60.2 cm³/mol. The van der Waals surface area contributed by atoms with Crippen LogP contribution in [0.5, 0.6) is 5.88 Å². The molecule has 0 aliphatic carbocycles. The normalized spacial score (nSPS) is 15.2. The molecule has 102 valence electrons. The molecule has 3 nitrogen and oxygen atoms in total. The molecule has 0 aliphatic rings. The van der Waals surface area contributed by atoms with Crippen molar-refractivity contribution in [1.29, 1.82) is 0 Å². The van der Waals surface area contributed by atoms with Crippen molar-refractivity contribution in [2.75, 3.05) is 6.61 Å². The van der Waals surface area contributed by atoms with Crippen molar-refractivity contribution in [3.05, 3.63) is 23.9 Å². The molecule has 0 amide bonds. The lowest BCUT2D eigenvalue weighted by Gasteiger charge is -2.17. The minimum absolute atomic E-state index is 0.0637. The Labute approximate surface area is 104 Å². The van der Waals surface area contributed by atoms with Gasteiger partial charge in [0.25, 0.3) is 0 Å². The monoisotopic (exact) mass is 263 g/mol. The van der Waals surface area contributed by atoms with Crippen LogP contribution in [0.4, 0.5) is 13.2 Å². The first-order valence-corrected chi connectivity index (χ1v) is 5.67. The van der Waals surface area contributed by atoms with Gasteiger partial charge in [0.2, 0.25) is 5.88 Å². The lowest BCUT2D eigenvalue weighted by atomic mass is 9.97. The highest BCUT2D eigenvalue weighted by Crippen LogP contribution is 2.24. The van der Waals surface area contributed by atoms with Gasteiger partial charge in [-0.15, -0.1) is 0 Å². The van der Waals surface area contributed by atoms with Gasteiger partial charge >= 0.3 is 6.18 Å². The van der Waals surface area contributed by atoms with E-state index in [4.69, 9.17) is 0 Å². The van der Waals surface area contributed by atoms with Gasteiger partial charge in [0, 0.05) is 12.3 Å².